The van der Waals surface area contributed by atoms with Crippen LogP contribution in [0.15, 0.2) is 47.1 Å². The first-order valence-electron chi connectivity index (χ1n) is 8.09. The maximum Gasteiger partial charge on any atom is 0.159 e. The van der Waals surface area contributed by atoms with E-state index in [4.69, 9.17) is 0 Å². The molecule has 0 aromatic rings. The molecule has 0 aromatic carbocycles. The Balaban J connectivity index is 2.96. The Kier molecular flexibility index (Phi) is 7.42. The van der Waals surface area contributed by atoms with E-state index in [-0.39, 0.29) is 5.78 Å². The molecule has 1 aliphatic carbocycles. The molecule has 0 saturated carbocycles. The van der Waals surface area contributed by atoms with E-state index in [0.717, 1.165) is 24.8 Å². The second kappa shape index (κ2) is 8.81. The standard InChI is InChI=1S/C20H30O/c1-15(2)19-11-9-16(3)7-6-8-17(4)13-20(21)14-18(5)10-12-19/h7-9,11,14-15,19H,6,10,12-13H2,1-5H3/b11-9+,16-7-,17-8+,18-14+/t19-/m0/s1. The van der Waals surface area contributed by atoms with E-state index in [1.54, 1.807) is 0 Å². The third-order valence-corrected chi connectivity index (χ3v) is 4.10. The zero-order valence-electron chi connectivity index (χ0n) is 14.3. The van der Waals surface area contributed by atoms with Crippen molar-refractivity contribution in [2.24, 2.45) is 11.8 Å². The summed E-state index contributed by atoms with van der Waals surface area (Å²) < 4.78 is 0. The lowest BCUT2D eigenvalue weighted by molar-refractivity contribution is -0.114. The smallest absolute Gasteiger partial charge is 0.159 e. The number of carbonyl (C=O) groups is 1. The summed E-state index contributed by atoms with van der Waals surface area (Å²) in [5.41, 5.74) is 3.67. The zero-order chi connectivity index (χ0) is 15.8. The van der Waals surface area contributed by atoms with E-state index >= 15 is 0 Å². The van der Waals surface area contributed by atoms with Crippen LogP contribution in [-0.2, 0) is 4.79 Å². The molecule has 0 aliphatic heterocycles. The molecule has 0 saturated heterocycles. The molecule has 1 heteroatoms. The number of carbonyl (C=O) groups excluding carboxylic acids is 1. The summed E-state index contributed by atoms with van der Waals surface area (Å²) in [6, 6.07) is 0. The van der Waals surface area contributed by atoms with Crippen molar-refractivity contribution >= 4 is 5.78 Å². The molecular formula is C20H30O. The molecule has 0 bridgehead atoms. The second-order valence-electron chi connectivity index (χ2n) is 6.67. The topological polar surface area (TPSA) is 17.1 Å². The molecule has 1 nitrogen and oxygen atoms in total. The molecule has 0 spiro atoms. The largest absolute Gasteiger partial charge is 0.295 e. The van der Waals surface area contributed by atoms with Crippen molar-refractivity contribution in [3.63, 3.8) is 0 Å². The van der Waals surface area contributed by atoms with Crippen LogP contribution < -0.4 is 0 Å². The van der Waals surface area contributed by atoms with Gasteiger partial charge in [0.15, 0.2) is 5.78 Å². The highest BCUT2D eigenvalue weighted by atomic mass is 16.1. The minimum Gasteiger partial charge on any atom is -0.295 e. The van der Waals surface area contributed by atoms with E-state index in [1.807, 2.05) is 13.0 Å². The second-order valence-corrected chi connectivity index (χ2v) is 6.67. The van der Waals surface area contributed by atoms with Crippen LogP contribution in [-0.4, -0.2) is 5.78 Å². The maximum atomic E-state index is 12.0. The Hall–Kier alpha value is -1.37. The van der Waals surface area contributed by atoms with Crippen molar-refractivity contribution in [2.75, 3.05) is 0 Å². The first-order valence-corrected chi connectivity index (χ1v) is 8.09. The fourth-order valence-corrected chi connectivity index (χ4v) is 2.58. The Morgan fingerprint density at radius 2 is 1.81 bits per heavy atom. The van der Waals surface area contributed by atoms with E-state index < -0.39 is 0 Å². The van der Waals surface area contributed by atoms with Gasteiger partial charge in [-0.1, -0.05) is 54.9 Å². The quantitative estimate of drug-likeness (QED) is 0.557. The number of allylic oxidation sites excluding steroid dienone is 8. The van der Waals surface area contributed by atoms with Crippen LogP contribution in [0.25, 0.3) is 0 Å². The average Bonchev–Trinajstić information content (AvgIpc) is 2.36. The third-order valence-electron chi connectivity index (χ3n) is 4.10. The van der Waals surface area contributed by atoms with Gasteiger partial charge in [0.1, 0.15) is 0 Å². The van der Waals surface area contributed by atoms with Gasteiger partial charge >= 0.3 is 0 Å². The van der Waals surface area contributed by atoms with Gasteiger partial charge in [0, 0.05) is 6.42 Å². The lowest BCUT2D eigenvalue weighted by Crippen LogP contribution is -2.06. The number of ketones is 1. The Bertz CT molecular complexity index is 472. The van der Waals surface area contributed by atoms with Crippen LogP contribution >= 0.6 is 0 Å². The van der Waals surface area contributed by atoms with Crippen LogP contribution in [0.5, 0.6) is 0 Å². The van der Waals surface area contributed by atoms with Crippen molar-refractivity contribution in [1.82, 2.24) is 0 Å². The maximum absolute atomic E-state index is 12.0. The molecule has 1 atom stereocenters. The van der Waals surface area contributed by atoms with Crippen molar-refractivity contribution in [3.8, 4) is 0 Å². The van der Waals surface area contributed by atoms with Crippen LogP contribution in [0, 0.1) is 11.8 Å². The predicted molar refractivity (Wildman–Crippen MR) is 92.2 cm³/mol. The monoisotopic (exact) mass is 286 g/mol. The molecule has 0 amide bonds. The van der Waals surface area contributed by atoms with Gasteiger partial charge in [0.2, 0.25) is 0 Å². The van der Waals surface area contributed by atoms with E-state index in [2.05, 4.69) is 52.0 Å². The van der Waals surface area contributed by atoms with Gasteiger partial charge in [-0.25, -0.2) is 0 Å². The summed E-state index contributed by atoms with van der Waals surface area (Å²) >= 11 is 0. The normalized spacial score (nSPS) is 31.4. The van der Waals surface area contributed by atoms with E-state index in [1.165, 1.54) is 11.1 Å². The highest BCUT2D eigenvalue weighted by Gasteiger charge is 2.10. The molecule has 0 fully saturated rings. The van der Waals surface area contributed by atoms with Gasteiger partial charge in [-0.3, -0.25) is 4.79 Å². The molecule has 116 valence electrons. The lowest BCUT2D eigenvalue weighted by Gasteiger charge is -2.17. The molecule has 0 heterocycles. The molecule has 0 unspecified atom stereocenters. The van der Waals surface area contributed by atoms with Gasteiger partial charge in [0.25, 0.3) is 0 Å². The lowest BCUT2D eigenvalue weighted by atomic mass is 9.88. The number of rotatable bonds is 1. The average molecular weight is 286 g/mol. The van der Waals surface area contributed by atoms with Gasteiger partial charge in [0.05, 0.1) is 0 Å². The molecule has 0 N–H and O–H groups in total. The van der Waals surface area contributed by atoms with E-state index in [9.17, 15) is 4.79 Å². The number of hydrogen-bond acceptors (Lipinski definition) is 1. The van der Waals surface area contributed by atoms with Crippen molar-refractivity contribution in [1.29, 1.82) is 0 Å². The molecule has 0 radical (unpaired) electrons. The molecular weight excluding hydrogens is 256 g/mol. The number of hydrogen-bond donors (Lipinski definition) is 0. The summed E-state index contributed by atoms with van der Waals surface area (Å²) in [6.45, 7) is 10.8. The zero-order valence-corrected chi connectivity index (χ0v) is 14.3. The van der Waals surface area contributed by atoms with Gasteiger partial charge in [-0.15, -0.1) is 0 Å². The third kappa shape index (κ3) is 7.27. The van der Waals surface area contributed by atoms with Gasteiger partial charge in [-0.2, -0.15) is 0 Å². The summed E-state index contributed by atoms with van der Waals surface area (Å²) in [4.78, 5) is 12.0. The Morgan fingerprint density at radius 1 is 1.10 bits per heavy atom. The minimum atomic E-state index is 0.232. The SMILES string of the molecule is CC1=C/C/C=C(\C)CC(=O)/C=C(\C)CC[C@@H](C(C)C)\C=C\1. The Morgan fingerprint density at radius 3 is 2.48 bits per heavy atom. The molecule has 21 heavy (non-hydrogen) atoms. The van der Waals surface area contributed by atoms with Gasteiger partial charge in [-0.05, 0) is 57.9 Å². The molecule has 1 rings (SSSR count). The minimum absolute atomic E-state index is 0.232. The first kappa shape index (κ1) is 17.7. The van der Waals surface area contributed by atoms with Crippen LogP contribution in [0.3, 0.4) is 0 Å². The van der Waals surface area contributed by atoms with Crippen LogP contribution in [0.1, 0.15) is 60.3 Å². The fourth-order valence-electron chi connectivity index (χ4n) is 2.58. The molecule has 1 aliphatic rings. The van der Waals surface area contributed by atoms with Crippen LogP contribution in [0.4, 0.5) is 0 Å². The summed E-state index contributed by atoms with van der Waals surface area (Å²) in [7, 11) is 0. The Labute approximate surface area is 130 Å². The van der Waals surface area contributed by atoms with Crippen molar-refractivity contribution < 1.29 is 4.79 Å². The summed E-state index contributed by atoms with van der Waals surface area (Å²) in [5.74, 6) is 1.44. The van der Waals surface area contributed by atoms with Crippen LogP contribution in [0.2, 0.25) is 0 Å². The van der Waals surface area contributed by atoms with Crippen molar-refractivity contribution in [2.45, 2.75) is 60.3 Å². The molecule has 0 aromatic heterocycles. The van der Waals surface area contributed by atoms with E-state index in [0.29, 0.717) is 18.3 Å². The first-order chi connectivity index (χ1) is 9.88. The summed E-state index contributed by atoms with van der Waals surface area (Å²) in [6.07, 6.45) is 14.4. The highest BCUT2D eigenvalue weighted by Crippen LogP contribution is 2.22. The highest BCUT2D eigenvalue weighted by molar-refractivity contribution is 5.91. The summed E-state index contributed by atoms with van der Waals surface area (Å²) in [5, 5.41) is 0. The van der Waals surface area contributed by atoms with Crippen molar-refractivity contribution in [3.05, 3.63) is 47.1 Å². The van der Waals surface area contributed by atoms with Gasteiger partial charge < -0.3 is 0 Å². The fraction of sp³-hybridized carbons (Fsp3) is 0.550. The predicted octanol–water partition coefficient (Wildman–Crippen LogP) is 5.80.